The summed E-state index contributed by atoms with van der Waals surface area (Å²) in [4.78, 5) is 19.1. The second-order valence-electron chi connectivity index (χ2n) is 8.81. The van der Waals surface area contributed by atoms with Crippen LogP contribution in [0, 0.1) is 23.1 Å². The van der Waals surface area contributed by atoms with Crippen molar-refractivity contribution in [2.24, 2.45) is 0 Å². The van der Waals surface area contributed by atoms with Gasteiger partial charge in [0, 0.05) is 49.9 Å². The van der Waals surface area contributed by atoms with Crippen molar-refractivity contribution in [2.75, 3.05) is 13.1 Å². The van der Waals surface area contributed by atoms with Crippen LogP contribution in [0.5, 0.6) is 0 Å². The van der Waals surface area contributed by atoms with Gasteiger partial charge in [0.15, 0.2) is 0 Å². The van der Waals surface area contributed by atoms with Gasteiger partial charge in [-0.05, 0) is 53.1 Å². The zero-order valence-corrected chi connectivity index (χ0v) is 20.5. The number of hydrogen-bond acceptors (Lipinski definition) is 4. The van der Waals surface area contributed by atoms with Crippen molar-refractivity contribution in [3.63, 3.8) is 0 Å². The van der Waals surface area contributed by atoms with Crippen molar-refractivity contribution in [1.82, 2.24) is 19.8 Å². The summed E-state index contributed by atoms with van der Waals surface area (Å²) in [7, 11) is 0. The van der Waals surface area contributed by atoms with Crippen LogP contribution in [-0.4, -0.2) is 33.6 Å². The lowest BCUT2D eigenvalue weighted by atomic mass is 10.0. The fraction of sp³-hybridized carbons (Fsp3) is 0.179. The summed E-state index contributed by atoms with van der Waals surface area (Å²) in [6, 6.07) is 14.8. The number of pyridine rings is 1. The number of nitriles is 1. The maximum absolute atomic E-state index is 13.7. The standard InChI is InChI=1S/C28H22ClF2N5O/c29-23-6-4-18(12-24(23)30)2-1-10-35-11-8-25-22(17-35)21-5-3-19(15-32)13-26(21)36(25)28(37)34-16-20-7-9-33-27(31)14-20/h1-7,9,12-14H,8,10-11,16-17H2,(H,34,37). The number of nitrogens with zero attached hydrogens (tertiary/aromatic N) is 4. The van der Waals surface area contributed by atoms with Gasteiger partial charge in [0.2, 0.25) is 5.95 Å². The first-order valence-electron chi connectivity index (χ1n) is 11.7. The van der Waals surface area contributed by atoms with Crippen molar-refractivity contribution in [1.29, 1.82) is 5.26 Å². The molecule has 0 bridgehead atoms. The predicted octanol–water partition coefficient (Wildman–Crippen LogP) is 5.67. The zero-order valence-electron chi connectivity index (χ0n) is 19.7. The second kappa shape index (κ2) is 10.5. The summed E-state index contributed by atoms with van der Waals surface area (Å²) in [5.41, 5.74) is 4.37. The first-order valence-corrected chi connectivity index (χ1v) is 12.1. The Morgan fingerprint density at radius 1 is 1.19 bits per heavy atom. The summed E-state index contributed by atoms with van der Waals surface area (Å²) < 4.78 is 28.8. The van der Waals surface area contributed by atoms with Crippen LogP contribution in [0.3, 0.4) is 0 Å². The van der Waals surface area contributed by atoms with Crippen molar-refractivity contribution < 1.29 is 13.6 Å². The van der Waals surface area contributed by atoms with Gasteiger partial charge in [-0.3, -0.25) is 9.47 Å². The second-order valence-corrected chi connectivity index (χ2v) is 9.22. The number of rotatable bonds is 5. The summed E-state index contributed by atoms with van der Waals surface area (Å²) in [5, 5.41) is 13.3. The number of amides is 1. The minimum Gasteiger partial charge on any atom is -0.333 e. The molecule has 0 unspecified atom stereocenters. The van der Waals surface area contributed by atoms with E-state index in [4.69, 9.17) is 11.6 Å². The number of fused-ring (bicyclic) bond motifs is 3. The lowest BCUT2D eigenvalue weighted by Gasteiger charge is -2.27. The molecule has 0 fully saturated rings. The van der Waals surface area contributed by atoms with E-state index in [2.05, 4.69) is 21.3 Å². The van der Waals surface area contributed by atoms with Gasteiger partial charge in [0.1, 0.15) is 5.82 Å². The van der Waals surface area contributed by atoms with Gasteiger partial charge in [-0.15, -0.1) is 0 Å². The SMILES string of the molecule is N#Cc1ccc2c3c(n(C(=O)NCc4ccnc(F)c4)c2c1)CCN(CC=Cc1ccc(Cl)c(F)c1)C3. The topological polar surface area (TPSA) is 74.0 Å². The lowest BCUT2D eigenvalue weighted by Crippen LogP contribution is -2.34. The highest BCUT2D eigenvalue weighted by molar-refractivity contribution is 6.30. The van der Waals surface area contributed by atoms with Crippen LogP contribution in [0.25, 0.3) is 17.0 Å². The molecular weight excluding hydrogens is 496 g/mol. The van der Waals surface area contributed by atoms with Gasteiger partial charge in [0.05, 0.1) is 22.2 Å². The molecule has 1 aliphatic rings. The van der Waals surface area contributed by atoms with Gasteiger partial charge >= 0.3 is 6.03 Å². The molecule has 4 aromatic rings. The highest BCUT2D eigenvalue weighted by atomic mass is 35.5. The Morgan fingerprint density at radius 3 is 2.84 bits per heavy atom. The molecule has 2 aromatic carbocycles. The summed E-state index contributed by atoms with van der Waals surface area (Å²) in [5.74, 6) is -1.06. The molecule has 186 valence electrons. The molecule has 0 atom stereocenters. The highest BCUT2D eigenvalue weighted by Crippen LogP contribution is 2.31. The first-order chi connectivity index (χ1) is 17.9. The third-order valence-corrected chi connectivity index (χ3v) is 6.72. The number of carbonyl (C=O) groups excluding carboxylic acids is 1. The van der Waals surface area contributed by atoms with Crippen molar-refractivity contribution in [3.05, 3.63) is 106 Å². The fourth-order valence-corrected chi connectivity index (χ4v) is 4.75. The number of benzene rings is 2. The third-order valence-electron chi connectivity index (χ3n) is 6.41. The predicted molar refractivity (Wildman–Crippen MR) is 138 cm³/mol. The molecule has 0 aliphatic carbocycles. The maximum atomic E-state index is 13.7. The molecule has 1 aliphatic heterocycles. The number of halogens is 3. The van der Waals surface area contributed by atoms with Gasteiger partial charge in [-0.2, -0.15) is 9.65 Å². The molecule has 5 rings (SSSR count). The summed E-state index contributed by atoms with van der Waals surface area (Å²) in [6.07, 6.45) is 5.82. The van der Waals surface area contributed by atoms with E-state index in [0.717, 1.165) is 28.8 Å². The van der Waals surface area contributed by atoms with E-state index in [1.807, 2.05) is 18.2 Å². The number of aromatic nitrogens is 2. The Morgan fingerprint density at radius 2 is 2.05 bits per heavy atom. The van der Waals surface area contributed by atoms with E-state index in [-0.39, 0.29) is 17.6 Å². The molecule has 3 heterocycles. The monoisotopic (exact) mass is 517 g/mol. The Kier molecular flexibility index (Phi) is 6.99. The van der Waals surface area contributed by atoms with E-state index in [1.54, 1.807) is 28.8 Å². The quantitative estimate of drug-likeness (QED) is 0.346. The fourth-order valence-electron chi connectivity index (χ4n) is 4.63. The zero-order chi connectivity index (χ0) is 25.9. The van der Waals surface area contributed by atoms with Crippen LogP contribution in [0.15, 0.2) is 60.8 Å². The van der Waals surface area contributed by atoms with Crippen LogP contribution >= 0.6 is 11.6 Å². The van der Waals surface area contributed by atoms with Crippen molar-refractivity contribution in [3.8, 4) is 6.07 Å². The molecule has 9 heteroatoms. The van der Waals surface area contributed by atoms with Gasteiger partial charge < -0.3 is 5.32 Å². The lowest BCUT2D eigenvalue weighted by molar-refractivity contribution is 0.240. The Bertz CT molecular complexity index is 1570. The van der Waals surface area contributed by atoms with Gasteiger partial charge in [-0.1, -0.05) is 35.9 Å². The molecule has 0 radical (unpaired) electrons. The van der Waals surface area contributed by atoms with Crippen molar-refractivity contribution >= 4 is 34.6 Å². The highest BCUT2D eigenvalue weighted by Gasteiger charge is 2.26. The Hall–Kier alpha value is -4.06. The Labute approximate surface area is 217 Å². The third kappa shape index (κ3) is 5.24. The maximum Gasteiger partial charge on any atom is 0.326 e. The van der Waals surface area contributed by atoms with Crippen LogP contribution in [0.4, 0.5) is 13.6 Å². The van der Waals surface area contributed by atoms with E-state index in [0.29, 0.717) is 36.2 Å². The average molecular weight is 518 g/mol. The molecule has 2 aromatic heterocycles. The minimum absolute atomic E-state index is 0.0913. The Balaban J connectivity index is 1.39. The summed E-state index contributed by atoms with van der Waals surface area (Å²) in [6.45, 7) is 2.13. The van der Waals surface area contributed by atoms with E-state index < -0.39 is 11.8 Å². The van der Waals surface area contributed by atoms with E-state index >= 15 is 0 Å². The van der Waals surface area contributed by atoms with Crippen LogP contribution in [-0.2, 0) is 19.5 Å². The molecule has 0 saturated heterocycles. The number of hydrogen-bond donors (Lipinski definition) is 1. The molecule has 6 nitrogen and oxygen atoms in total. The largest absolute Gasteiger partial charge is 0.333 e. The van der Waals surface area contributed by atoms with Gasteiger partial charge in [0.25, 0.3) is 0 Å². The molecule has 0 spiro atoms. The first kappa shape index (κ1) is 24.6. The molecule has 1 amide bonds. The van der Waals surface area contributed by atoms with Crippen LogP contribution < -0.4 is 5.32 Å². The minimum atomic E-state index is -0.607. The van der Waals surface area contributed by atoms with Crippen LogP contribution in [0.2, 0.25) is 5.02 Å². The molecule has 37 heavy (non-hydrogen) atoms. The molecular formula is C28H22ClF2N5O. The number of carbonyl (C=O) groups is 1. The van der Waals surface area contributed by atoms with Crippen LogP contribution in [0.1, 0.15) is 27.9 Å². The number of nitrogens with one attached hydrogen (secondary N) is 1. The molecule has 1 N–H and O–H groups in total. The smallest absolute Gasteiger partial charge is 0.326 e. The van der Waals surface area contributed by atoms with E-state index in [1.165, 1.54) is 24.4 Å². The van der Waals surface area contributed by atoms with Crippen molar-refractivity contribution in [2.45, 2.75) is 19.5 Å². The van der Waals surface area contributed by atoms with Gasteiger partial charge in [-0.25, -0.2) is 14.2 Å². The summed E-state index contributed by atoms with van der Waals surface area (Å²) >= 11 is 5.76. The molecule has 0 saturated carbocycles. The normalized spacial score (nSPS) is 13.6. The average Bonchev–Trinajstić information content (AvgIpc) is 3.22. The van der Waals surface area contributed by atoms with E-state index in [9.17, 15) is 18.8 Å².